The molecule has 1 aromatic rings. The predicted octanol–water partition coefficient (Wildman–Crippen LogP) is 2.80. The number of hydrogen-bond acceptors (Lipinski definition) is 4. The normalized spacial score (nSPS) is 17.4. The van der Waals surface area contributed by atoms with Crippen molar-refractivity contribution in [1.82, 2.24) is 4.90 Å². The Morgan fingerprint density at radius 1 is 1.37 bits per heavy atom. The lowest BCUT2D eigenvalue weighted by atomic mass is 10.0. The van der Waals surface area contributed by atoms with E-state index in [1.807, 2.05) is 13.0 Å². The van der Waals surface area contributed by atoms with Crippen LogP contribution in [0.2, 0.25) is 0 Å². The molecule has 0 aliphatic carbocycles. The maximum Gasteiger partial charge on any atom is 0.271 e. The van der Waals surface area contributed by atoms with Crippen LogP contribution in [-0.2, 0) is 0 Å². The van der Waals surface area contributed by atoms with Gasteiger partial charge in [0.25, 0.3) is 5.69 Å². The molecule has 0 atom stereocenters. The molecule has 1 aliphatic heterocycles. The van der Waals surface area contributed by atoms with Crippen LogP contribution in [0.15, 0.2) is 18.2 Å². The Bertz CT molecular complexity index is 454. The van der Waals surface area contributed by atoms with E-state index in [0.717, 1.165) is 43.7 Å². The van der Waals surface area contributed by atoms with Gasteiger partial charge in [0.1, 0.15) is 0 Å². The van der Waals surface area contributed by atoms with Gasteiger partial charge in [0.05, 0.1) is 4.92 Å². The summed E-state index contributed by atoms with van der Waals surface area (Å²) in [6, 6.07) is 5.62. The molecule has 0 spiro atoms. The van der Waals surface area contributed by atoms with Gasteiger partial charge in [-0.1, -0.05) is 6.92 Å². The molecular formula is C14H21N3O2. The summed E-state index contributed by atoms with van der Waals surface area (Å²) in [5.74, 6) is 0. The average Bonchev–Trinajstić information content (AvgIpc) is 2.39. The van der Waals surface area contributed by atoms with Gasteiger partial charge in [0.15, 0.2) is 0 Å². The number of nitro groups is 1. The van der Waals surface area contributed by atoms with Crippen LogP contribution < -0.4 is 5.32 Å². The molecule has 104 valence electrons. The summed E-state index contributed by atoms with van der Waals surface area (Å²) in [5, 5.41) is 14.3. The van der Waals surface area contributed by atoms with Gasteiger partial charge in [-0.3, -0.25) is 10.1 Å². The first-order valence-corrected chi connectivity index (χ1v) is 6.83. The Kier molecular flexibility index (Phi) is 4.37. The highest BCUT2D eigenvalue weighted by atomic mass is 16.6. The minimum absolute atomic E-state index is 0.161. The van der Waals surface area contributed by atoms with Crippen molar-refractivity contribution < 1.29 is 4.92 Å². The number of nitro benzene ring substituents is 1. The molecule has 0 amide bonds. The molecule has 1 fully saturated rings. The van der Waals surface area contributed by atoms with Crippen molar-refractivity contribution in [2.45, 2.75) is 32.7 Å². The molecule has 0 radical (unpaired) electrons. The highest BCUT2D eigenvalue weighted by Gasteiger charge is 2.18. The number of non-ortho nitro benzene ring substituents is 1. The second-order valence-electron chi connectivity index (χ2n) is 5.17. The van der Waals surface area contributed by atoms with Crippen LogP contribution in [0.25, 0.3) is 0 Å². The van der Waals surface area contributed by atoms with E-state index < -0.39 is 0 Å². The molecule has 0 saturated carbocycles. The van der Waals surface area contributed by atoms with E-state index in [2.05, 4.69) is 17.1 Å². The zero-order valence-electron chi connectivity index (χ0n) is 11.6. The fourth-order valence-electron chi connectivity index (χ4n) is 2.58. The maximum absolute atomic E-state index is 10.9. The van der Waals surface area contributed by atoms with Crippen molar-refractivity contribution in [3.05, 3.63) is 33.9 Å². The van der Waals surface area contributed by atoms with Crippen molar-refractivity contribution in [3.8, 4) is 0 Å². The van der Waals surface area contributed by atoms with Gasteiger partial charge in [0.2, 0.25) is 0 Å². The van der Waals surface area contributed by atoms with Gasteiger partial charge in [-0.2, -0.15) is 0 Å². The van der Waals surface area contributed by atoms with Crippen LogP contribution in [0.5, 0.6) is 0 Å². The minimum atomic E-state index is -0.335. The lowest BCUT2D eigenvalue weighted by Crippen LogP contribution is -2.38. The fraction of sp³-hybridized carbons (Fsp3) is 0.571. The van der Waals surface area contributed by atoms with Crippen molar-refractivity contribution in [3.63, 3.8) is 0 Å². The van der Waals surface area contributed by atoms with Crippen molar-refractivity contribution >= 4 is 11.4 Å². The summed E-state index contributed by atoms with van der Waals surface area (Å²) in [7, 11) is 0. The molecule has 1 aliphatic rings. The van der Waals surface area contributed by atoms with Crippen molar-refractivity contribution in [2.75, 3.05) is 25.0 Å². The SMILES string of the molecule is CCN1CCC(Nc2cc(C)cc([N+](=O)[O-])c2)CC1. The summed E-state index contributed by atoms with van der Waals surface area (Å²) < 4.78 is 0. The Labute approximate surface area is 113 Å². The lowest BCUT2D eigenvalue weighted by molar-refractivity contribution is -0.384. The van der Waals surface area contributed by atoms with Crippen LogP contribution in [-0.4, -0.2) is 35.5 Å². The van der Waals surface area contributed by atoms with Crippen LogP contribution in [0, 0.1) is 17.0 Å². The second kappa shape index (κ2) is 6.02. The number of piperidine rings is 1. The molecule has 1 aromatic carbocycles. The summed E-state index contributed by atoms with van der Waals surface area (Å²) >= 11 is 0. The Hall–Kier alpha value is -1.62. The first kappa shape index (κ1) is 13.8. The van der Waals surface area contributed by atoms with Gasteiger partial charge in [-0.15, -0.1) is 0 Å². The first-order chi connectivity index (χ1) is 9.08. The van der Waals surface area contributed by atoms with E-state index in [1.165, 1.54) is 0 Å². The van der Waals surface area contributed by atoms with Crippen LogP contribution >= 0.6 is 0 Å². The fourth-order valence-corrected chi connectivity index (χ4v) is 2.58. The average molecular weight is 263 g/mol. The van der Waals surface area contributed by atoms with Crippen LogP contribution in [0.1, 0.15) is 25.3 Å². The van der Waals surface area contributed by atoms with Gasteiger partial charge in [0, 0.05) is 37.0 Å². The van der Waals surface area contributed by atoms with Crippen LogP contribution in [0.4, 0.5) is 11.4 Å². The Morgan fingerprint density at radius 2 is 2.05 bits per heavy atom. The molecular weight excluding hydrogens is 242 g/mol. The topological polar surface area (TPSA) is 58.4 Å². The van der Waals surface area contributed by atoms with E-state index >= 15 is 0 Å². The summed E-state index contributed by atoms with van der Waals surface area (Å²) in [4.78, 5) is 12.9. The number of likely N-dealkylation sites (tertiary alicyclic amines) is 1. The third kappa shape index (κ3) is 3.67. The predicted molar refractivity (Wildman–Crippen MR) is 76.6 cm³/mol. The molecule has 1 saturated heterocycles. The third-order valence-corrected chi connectivity index (χ3v) is 3.68. The van der Waals surface area contributed by atoms with E-state index in [9.17, 15) is 10.1 Å². The zero-order valence-corrected chi connectivity index (χ0v) is 11.6. The lowest BCUT2D eigenvalue weighted by Gasteiger charge is -2.32. The number of nitrogens with zero attached hydrogens (tertiary/aromatic N) is 2. The van der Waals surface area contributed by atoms with Gasteiger partial charge in [-0.05, 0) is 37.9 Å². The van der Waals surface area contributed by atoms with Gasteiger partial charge < -0.3 is 10.2 Å². The summed E-state index contributed by atoms with van der Waals surface area (Å²) in [5.41, 5.74) is 1.94. The van der Waals surface area contributed by atoms with Gasteiger partial charge in [-0.25, -0.2) is 0 Å². The summed E-state index contributed by atoms with van der Waals surface area (Å²) in [6.07, 6.45) is 2.19. The molecule has 0 aromatic heterocycles. The molecule has 0 unspecified atom stereocenters. The number of rotatable bonds is 4. The van der Waals surface area contributed by atoms with Gasteiger partial charge >= 0.3 is 0 Å². The molecule has 1 N–H and O–H groups in total. The van der Waals surface area contributed by atoms with E-state index in [-0.39, 0.29) is 10.6 Å². The second-order valence-corrected chi connectivity index (χ2v) is 5.17. The molecule has 1 heterocycles. The van der Waals surface area contributed by atoms with Crippen molar-refractivity contribution in [2.24, 2.45) is 0 Å². The summed E-state index contributed by atoms with van der Waals surface area (Å²) in [6.45, 7) is 7.36. The first-order valence-electron chi connectivity index (χ1n) is 6.83. The third-order valence-electron chi connectivity index (χ3n) is 3.68. The number of aryl methyl sites for hydroxylation is 1. The molecule has 0 bridgehead atoms. The quantitative estimate of drug-likeness (QED) is 0.670. The van der Waals surface area contributed by atoms with Crippen molar-refractivity contribution in [1.29, 1.82) is 0 Å². The number of nitrogens with one attached hydrogen (secondary N) is 1. The van der Waals surface area contributed by atoms with E-state index in [0.29, 0.717) is 6.04 Å². The van der Waals surface area contributed by atoms with E-state index in [4.69, 9.17) is 0 Å². The Morgan fingerprint density at radius 3 is 2.63 bits per heavy atom. The molecule has 5 heteroatoms. The molecule has 5 nitrogen and oxygen atoms in total. The number of hydrogen-bond donors (Lipinski definition) is 1. The molecule has 2 rings (SSSR count). The highest BCUT2D eigenvalue weighted by molar-refractivity contribution is 5.54. The smallest absolute Gasteiger partial charge is 0.271 e. The van der Waals surface area contributed by atoms with Crippen LogP contribution in [0.3, 0.4) is 0 Å². The monoisotopic (exact) mass is 263 g/mol. The number of anilines is 1. The highest BCUT2D eigenvalue weighted by Crippen LogP contribution is 2.23. The standard InChI is InChI=1S/C14H21N3O2/c1-3-16-6-4-12(5-7-16)15-13-8-11(2)9-14(10-13)17(18)19/h8-10,12,15H,3-7H2,1-2H3. The Balaban J connectivity index is 2.01. The number of benzene rings is 1. The van der Waals surface area contributed by atoms with E-state index in [1.54, 1.807) is 12.1 Å². The largest absolute Gasteiger partial charge is 0.382 e. The maximum atomic E-state index is 10.9. The molecule has 19 heavy (non-hydrogen) atoms. The minimum Gasteiger partial charge on any atom is -0.382 e. The zero-order chi connectivity index (χ0) is 13.8.